The van der Waals surface area contributed by atoms with Crippen LogP contribution in [0, 0.1) is 0 Å². The third-order valence-electron chi connectivity index (χ3n) is 1.99. The molecule has 0 aliphatic carbocycles. The molecule has 5 nitrogen and oxygen atoms in total. The van der Waals surface area contributed by atoms with Gasteiger partial charge in [-0.15, -0.1) is 0 Å². The summed E-state index contributed by atoms with van der Waals surface area (Å²) in [6.07, 6.45) is 0.533. The van der Waals surface area contributed by atoms with Crippen LogP contribution in [0.2, 0.25) is 0 Å². The fourth-order valence-corrected chi connectivity index (χ4v) is 1.23. The summed E-state index contributed by atoms with van der Waals surface area (Å²) in [5, 5.41) is 19.9. The van der Waals surface area contributed by atoms with Crippen LogP contribution in [0.25, 0.3) is 0 Å². The molecule has 5 heteroatoms. The second-order valence-electron chi connectivity index (χ2n) is 3.23. The minimum atomic E-state index is -1.09. The Hall–Kier alpha value is -1.88. The molecule has 0 saturated carbocycles. The van der Waals surface area contributed by atoms with E-state index < -0.39 is 5.97 Å². The molecule has 0 bridgehead atoms. The lowest BCUT2D eigenvalue weighted by Crippen LogP contribution is -2.14. The van der Waals surface area contributed by atoms with Crippen molar-refractivity contribution in [1.29, 1.82) is 0 Å². The SMILES string of the molecule is O=C(CCCO)Nc1ccccc1C(=O)O. The quantitative estimate of drug-likeness (QED) is 0.697. The van der Waals surface area contributed by atoms with Crippen molar-refractivity contribution in [2.75, 3.05) is 11.9 Å². The summed E-state index contributed by atoms with van der Waals surface area (Å²) in [6.45, 7) is -0.0615. The van der Waals surface area contributed by atoms with Crippen LogP contribution in [0.3, 0.4) is 0 Å². The van der Waals surface area contributed by atoms with E-state index in [2.05, 4.69) is 5.32 Å². The molecule has 0 heterocycles. The number of carbonyl (C=O) groups is 2. The largest absolute Gasteiger partial charge is 0.478 e. The predicted octanol–water partition coefficient (Wildman–Crippen LogP) is 1.10. The molecule has 0 spiro atoms. The van der Waals surface area contributed by atoms with Gasteiger partial charge in [0.1, 0.15) is 0 Å². The number of benzene rings is 1. The topological polar surface area (TPSA) is 86.6 Å². The zero-order chi connectivity index (χ0) is 12.0. The Labute approximate surface area is 92.7 Å². The Balaban J connectivity index is 2.73. The highest BCUT2D eigenvalue weighted by Gasteiger charge is 2.10. The number of nitrogens with one attached hydrogen (secondary N) is 1. The van der Waals surface area contributed by atoms with Gasteiger partial charge in [0.2, 0.25) is 5.91 Å². The number of carboxylic acid groups (broad SMARTS) is 1. The molecule has 0 fully saturated rings. The lowest BCUT2D eigenvalue weighted by molar-refractivity contribution is -0.116. The summed E-state index contributed by atoms with van der Waals surface area (Å²) in [4.78, 5) is 22.2. The van der Waals surface area contributed by atoms with Gasteiger partial charge in [-0.3, -0.25) is 4.79 Å². The van der Waals surface area contributed by atoms with Crippen LogP contribution in [-0.2, 0) is 4.79 Å². The van der Waals surface area contributed by atoms with Crippen molar-refractivity contribution in [1.82, 2.24) is 0 Å². The molecular formula is C11H13NO4. The minimum absolute atomic E-state index is 0.0554. The fourth-order valence-electron chi connectivity index (χ4n) is 1.23. The Morgan fingerprint density at radius 2 is 1.94 bits per heavy atom. The minimum Gasteiger partial charge on any atom is -0.478 e. The number of carbonyl (C=O) groups excluding carboxylic acids is 1. The first-order valence-electron chi connectivity index (χ1n) is 4.88. The lowest BCUT2D eigenvalue weighted by Gasteiger charge is -2.07. The van der Waals surface area contributed by atoms with Crippen molar-refractivity contribution in [3.63, 3.8) is 0 Å². The maximum Gasteiger partial charge on any atom is 0.337 e. The van der Waals surface area contributed by atoms with Gasteiger partial charge in [0.25, 0.3) is 0 Å². The molecule has 0 aliphatic rings. The fraction of sp³-hybridized carbons (Fsp3) is 0.273. The Morgan fingerprint density at radius 1 is 1.25 bits per heavy atom. The standard InChI is InChI=1S/C11H13NO4/c13-7-3-6-10(14)12-9-5-2-1-4-8(9)11(15)16/h1-2,4-5,13H,3,6-7H2,(H,12,14)(H,15,16). The van der Waals surface area contributed by atoms with E-state index in [1.807, 2.05) is 0 Å². The number of hydrogen-bond acceptors (Lipinski definition) is 3. The molecule has 3 N–H and O–H groups in total. The maximum absolute atomic E-state index is 11.3. The third kappa shape index (κ3) is 3.36. The zero-order valence-electron chi connectivity index (χ0n) is 8.64. The van der Waals surface area contributed by atoms with Gasteiger partial charge in [-0.25, -0.2) is 4.79 Å². The highest BCUT2D eigenvalue weighted by atomic mass is 16.4. The first-order valence-corrected chi connectivity index (χ1v) is 4.88. The molecule has 86 valence electrons. The van der Waals surface area contributed by atoms with E-state index in [9.17, 15) is 9.59 Å². The zero-order valence-corrected chi connectivity index (χ0v) is 8.64. The van der Waals surface area contributed by atoms with Crippen LogP contribution < -0.4 is 5.32 Å². The van der Waals surface area contributed by atoms with Gasteiger partial charge in [0, 0.05) is 13.0 Å². The molecule has 1 rings (SSSR count). The van der Waals surface area contributed by atoms with Crippen molar-refractivity contribution in [2.45, 2.75) is 12.8 Å². The summed E-state index contributed by atoms with van der Waals surface area (Å²) in [5.74, 6) is -1.39. The number of rotatable bonds is 5. The van der Waals surface area contributed by atoms with E-state index in [1.54, 1.807) is 12.1 Å². The van der Waals surface area contributed by atoms with E-state index in [-0.39, 0.29) is 30.2 Å². The summed E-state index contributed by atoms with van der Waals surface area (Å²) in [6, 6.07) is 6.19. The molecule has 0 aliphatic heterocycles. The average Bonchev–Trinajstić information content (AvgIpc) is 2.27. The second kappa shape index (κ2) is 5.87. The number of aromatic carboxylic acids is 1. The smallest absolute Gasteiger partial charge is 0.337 e. The van der Waals surface area contributed by atoms with Crippen molar-refractivity contribution < 1.29 is 19.8 Å². The van der Waals surface area contributed by atoms with Gasteiger partial charge >= 0.3 is 5.97 Å². The molecule has 16 heavy (non-hydrogen) atoms. The van der Waals surface area contributed by atoms with Gasteiger partial charge in [-0.2, -0.15) is 0 Å². The van der Waals surface area contributed by atoms with Crippen molar-refractivity contribution >= 4 is 17.6 Å². The molecule has 0 aromatic heterocycles. The highest BCUT2D eigenvalue weighted by molar-refractivity contribution is 6.00. The molecule has 0 saturated heterocycles. The number of hydrogen-bond donors (Lipinski definition) is 3. The summed E-state index contributed by atoms with van der Waals surface area (Å²) < 4.78 is 0. The molecular weight excluding hydrogens is 210 g/mol. The van der Waals surface area contributed by atoms with E-state index in [0.29, 0.717) is 6.42 Å². The van der Waals surface area contributed by atoms with Gasteiger partial charge in [0.15, 0.2) is 0 Å². The Kier molecular flexibility index (Phi) is 4.47. The Bertz CT molecular complexity index is 389. The molecule has 0 radical (unpaired) electrons. The number of aliphatic hydroxyl groups is 1. The summed E-state index contributed by atoms with van der Waals surface area (Å²) in [7, 11) is 0. The first-order chi connectivity index (χ1) is 7.65. The number of aliphatic hydroxyl groups excluding tert-OH is 1. The maximum atomic E-state index is 11.3. The van der Waals surface area contributed by atoms with E-state index in [1.165, 1.54) is 12.1 Å². The van der Waals surface area contributed by atoms with Crippen molar-refractivity contribution in [2.24, 2.45) is 0 Å². The van der Waals surface area contributed by atoms with Crippen LogP contribution >= 0.6 is 0 Å². The van der Waals surface area contributed by atoms with Gasteiger partial charge < -0.3 is 15.5 Å². The predicted molar refractivity (Wildman–Crippen MR) is 58.4 cm³/mol. The van der Waals surface area contributed by atoms with Gasteiger partial charge in [0.05, 0.1) is 11.3 Å². The number of carboxylic acids is 1. The molecule has 1 aromatic carbocycles. The molecule has 1 amide bonds. The van der Waals surface area contributed by atoms with E-state index >= 15 is 0 Å². The average molecular weight is 223 g/mol. The first kappa shape index (κ1) is 12.2. The van der Waals surface area contributed by atoms with Crippen LogP contribution in [0.15, 0.2) is 24.3 Å². The van der Waals surface area contributed by atoms with Crippen LogP contribution in [0.5, 0.6) is 0 Å². The Morgan fingerprint density at radius 3 is 2.56 bits per heavy atom. The number of para-hydroxylation sites is 1. The van der Waals surface area contributed by atoms with Crippen LogP contribution in [0.4, 0.5) is 5.69 Å². The van der Waals surface area contributed by atoms with Gasteiger partial charge in [-0.05, 0) is 18.6 Å². The normalized spacial score (nSPS) is 9.81. The monoisotopic (exact) mass is 223 g/mol. The van der Waals surface area contributed by atoms with Gasteiger partial charge in [-0.1, -0.05) is 12.1 Å². The molecule has 0 unspecified atom stereocenters. The highest BCUT2D eigenvalue weighted by Crippen LogP contribution is 2.15. The summed E-state index contributed by atoms with van der Waals surface area (Å²) >= 11 is 0. The number of amides is 1. The molecule has 1 aromatic rings. The number of anilines is 1. The van der Waals surface area contributed by atoms with Crippen LogP contribution in [-0.4, -0.2) is 28.7 Å². The van der Waals surface area contributed by atoms with Crippen LogP contribution in [0.1, 0.15) is 23.2 Å². The lowest BCUT2D eigenvalue weighted by atomic mass is 10.1. The second-order valence-corrected chi connectivity index (χ2v) is 3.23. The van der Waals surface area contributed by atoms with Crippen molar-refractivity contribution in [3.8, 4) is 0 Å². The summed E-state index contributed by atoms with van der Waals surface area (Å²) in [5.41, 5.74) is 0.331. The van der Waals surface area contributed by atoms with Crippen molar-refractivity contribution in [3.05, 3.63) is 29.8 Å². The third-order valence-corrected chi connectivity index (χ3v) is 1.99. The molecule has 0 atom stereocenters. The van der Waals surface area contributed by atoms with E-state index in [0.717, 1.165) is 0 Å². The van der Waals surface area contributed by atoms with E-state index in [4.69, 9.17) is 10.2 Å².